The van der Waals surface area contributed by atoms with Crippen LogP contribution in [0.3, 0.4) is 0 Å². The van der Waals surface area contributed by atoms with E-state index in [1.165, 1.54) is 5.01 Å². The van der Waals surface area contributed by atoms with Gasteiger partial charge in [0.15, 0.2) is 0 Å². The number of carbonyl (C=O) groups is 5. The molecule has 17 nitrogen and oxygen atoms in total. The van der Waals surface area contributed by atoms with Crippen molar-refractivity contribution in [1.29, 1.82) is 0 Å². The number of rotatable bonds is 17. The van der Waals surface area contributed by atoms with Gasteiger partial charge in [0, 0.05) is 74.3 Å². The highest BCUT2D eigenvalue weighted by Gasteiger charge is 2.64. The zero-order valence-corrected chi connectivity index (χ0v) is 57.3. The number of aromatic nitrogens is 2. The van der Waals surface area contributed by atoms with E-state index < -0.39 is 72.1 Å². The average molecular weight is 1270 g/mol. The molecule has 5 fully saturated rings. The Morgan fingerprint density at radius 1 is 0.878 bits per heavy atom. The molecule has 2 N–H and O–H groups in total. The van der Waals surface area contributed by atoms with E-state index in [1.807, 2.05) is 74.6 Å². The van der Waals surface area contributed by atoms with E-state index in [-0.39, 0.29) is 72.6 Å². The van der Waals surface area contributed by atoms with E-state index in [2.05, 4.69) is 114 Å². The highest BCUT2D eigenvalue weighted by atomic mass is 32.2. The Labute approximate surface area is 536 Å². The number of hydrogen-bond acceptors (Lipinski definition) is 11. The SMILES string of the molecule is CCn1c(-c2cccnc2[C@H](C)OC)c2c3cc(ccc31)-c1cc(cc(O[Si](C(C)C)(C(C)C)C(C)C)c1)C[C@H](NC(=O)[C@H](C(C)C)N1CC[C@]3(CCN(C(=O)[C@H]4[C@@H](C5CC5)N4[S@](=O)c4ccc(C)cc4)C3)C1=O)C(=O)N1CCC[C@H](N1)C(=O)OCC(C)(C)C2. The van der Waals surface area contributed by atoms with Crippen LogP contribution < -0.4 is 15.2 Å². The fraction of sp³-hybridized carbons (Fsp3) is 0.577. The number of carbonyl (C=O) groups excluding carboxylic acids is 5. The number of esters is 1. The molecular weight excluding hydrogens is 1170 g/mol. The molecule has 1 aliphatic carbocycles. The minimum absolute atomic E-state index is 0.0652. The number of aryl methyl sites for hydroxylation is 2. The number of nitrogens with one attached hydrogen (secondary N) is 2. The van der Waals surface area contributed by atoms with Gasteiger partial charge in [-0.3, -0.25) is 34.0 Å². The first-order chi connectivity index (χ1) is 42.8. The number of methoxy groups -OCH3 is 1. The molecule has 484 valence electrons. The van der Waals surface area contributed by atoms with Gasteiger partial charge in [0.25, 0.3) is 14.2 Å². The summed E-state index contributed by atoms with van der Waals surface area (Å²) in [6.45, 7) is 29.8. The first kappa shape index (κ1) is 65.2. The lowest BCUT2D eigenvalue weighted by Crippen LogP contribution is -2.62. The highest BCUT2D eigenvalue weighted by Crippen LogP contribution is 2.52. The van der Waals surface area contributed by atoms with Crippen molar-refractivity contribution in [1.82, 2.24) is 39.4 Å². The van der Waals surface area contributed by atoms with E-state index in [9.17, 15) is 13.8 Å². The number of amides is 4. The quantitative estimate of drug-likeness (QED) is 0.0513. The van der Waals surface area contributed by atoms with Crippen molar-refractivity contribution in [2.75, 3.05) is 39.9 Å². The van der Waals surface area contributed by atoms with Gasteiger partial charge in [0.2, 0.25) is 17.7 Å². The molecule has 6 bridgehead atoms. The lowest BCUT2D eigenvalue weighted by atomic mass is 9.84. The zero-order chi connectivity index (χ0) is 64.5. The Hall–Kier alpha value is -6.25. The molecule has 4 amide bonds. The van der Waals surface area contributed by atoms with Crippen LogP contribution in [-0.4, -0.2) is 141 Å². The van der Waals surface area contributed by atoms with E-state index >= 15 is 14.4 Å². The normalized spacial score (nSPS) is 24.9. The summed E-state index contributed by atoms with van der Waals surface area (Å²) < 4.78 is 38.0. The van der Waals surface area contributed by atoms with Crippen molar-refractivity contribution in [3.8, 4) is 28.1 Å². The molecule has 3 aromatic carbocycles. The average Bonchev–Trinajstić information content (AvgIpc) is 1.55. The van der Waals surface area contributed by atoms with Gasteiger partial charge in [-0.25, -0.2) is 13.9 Å². The number of pyridine rings is 1. The van der Waals surface area contributed by atoms with Crippen LogP contribution in [0.2, 0.25) is 16.6 Å². The Morgan fingerprint density at radius 3 is 2.26 bits per heavy atom. The molecule has 0 radical (unpaired) electrons. The predicted octanol–water partition coefficient (Wildman–Crippen LogP) is 11.3. The van der Waals surface area contributed by atoms with Crippen LogP contribution in [0.25, 0.3) is 33.3 Å². The lowest BCUT2D eigenvalue weighted by Gasteiger charge is -2.42. The van der Waals surface area contributed by atoms with Crippen LogP contribution in [0.4, 0.5) is 0 Å². The first-order valence-electron chi connectivity index (χ1n) is 33.2. The number of cyclic esters (lactones) is 1. The smallest absolute Gasteiger partial charge is 0.324 e. The Balaban J connectivity index is 0.959. The molecule has 9 atom stereocenters. The fourth-order valence-corrected chi connectivity index (χ4v) is 22.6. The van der Waals surface area contributed by atoms with Crippen molar-refractivity contribution in [2.45, 2.75) is 206 Å². The van der Waals surface area contributed by atoms with Crippen LogP contribution in [0, 0.1) is 29.6 Å². The molecule has 1 saturated carbocycles. The molecule has 1 spiro atoms. The minimum atomic E-state index is -2.58. The zero-order valence-electron chi connectivity index (χ0n) is 55.5. The number of likely N-dealkylation sites (tertiary alicyclic amines) is 2. The van der Waals surface area contributed by atoms with Gasteiger partial charge in [0.05, 0.1) is 40.5 Å². The van der Waals surface area contributed by atoms with E-state index in [0.717, 1.165) is 68.5 Å². The summed E-state index contributed by atoms with van der Waals surface area (Å²) in [5.74, 6) is -0.932. The van der Waals surface area contributed by atoms with Crippen LogP contribution in [0.1, 0.15) is 150 Å². The lowest BCUT2D eigenvalue weighted by molar-refractivity contribution is -0.155. The monoisotopic (exact) mass is 1260 g/mol. The summed E-state index contributed by atoms with van der Waals surface area (Å²) in [5, 5.41) is 5.78. The summed E-state index contributed by atoms with van der Waals surface area (Å²) in [6, 6.07) is 21.1. The minimum Gasteiger partial charge on any atom is -0.543 e. The third-order valence-electron chi connectivity index (χ3n) is 20.7. The van der Waals surface area contributed by atoms with Crippen molar-refractivity contribution < 1.29 is 42.1 Å². The summed E-state index contributed by atoms with van der Waals surface area (Å²) in [7, 11) is -2.38. The van der Waals surface area contributed by atoms with Gasteiger partial charge in [-0.15, -0.1) is 0 Å². The van der Waals surface area contributed by atoms with Gasteiger partial charge in [-0.2, -0.15) is 0 Å². The molecular formula is C71H96N8O9SSi. The Bertz CT molecular complexity index is 3560. The molecule has 19 heteroatoms. The van der Waals surface area contributed by atoms with E-state index in [1.54, 1.807) is 16.9 Å². The highest BCUT2D eigenvalue weighted by molar-refractivity contribution is 7.83. The molecule has 5 aliphatic heterocycles. The van der Waals surface area contributed by atoms with E-state index in [0.29, 0.717) is 68.3 Å². The van der Waals surface area contributed by atoms with Gasteiger partial charge < -0.3 is 33.6 Å². The summed E-state index contributed by atoms with van der Waals surface area (Å²) in [4.78, 5) is 84.3. The van der Waals surface area contributed by atoms with Gasteiger partial charge in [-0.1, -0.05) is 99.1 Å². The van der Waals surface area contributed by atoms with Crippen molar-refractivity contribution in [3.63, 3.8) is 0 Å². The summed E-state index contributed by atoms with van der Waals surface area (Å²) in [5.41, 5.74) is 11.2. The molecule has 5 aromatic rings. The molecule has 11 rings (SSSR count). The van der Waals surface area contributed by atoms with Crippen molar-refractivity contribution in [2.24, 2.45) is 22.7 Å². The second-order valence-electron chi connectivity index (χ2n) is 28.9. The number of hydrazine groups is 1. The number of hydrogen-bond donors (Lipinski definition) is 2. The molecule has 7 heterocycles. The molecule has 90 heavy (non-hydrogen) atoms. The van der Waals surface area contributed by atoms with Crippen LogP contribution in [0.5, 0.6) is 5.75 Å². The number of nitrogens with zero attached hydrogens (tertiary/aromatic N) is 6. The van der Waals surface area contributed by atoms with Gasteiger partial charge >= 0.3 is 5.97 Å². The molecule has 1 unspecified atom stereocenters. The standard InChI is InChI=1S/C71H96N8O9SSi/c1-15-76-59-27-24-50-38-55(59)56(63(76)54-18-16-30-72-60(54)47(11)86-14)39-70(12,13)41-87-68(83)57-19-17-31-78(74-57)66(81)58(36-48-34-51(50)37-52(35-48)88-90(43(4)5,44(6)7)45(8)9)73-65(80)61(42(2)3)77-33-29-71(69(77)84)28-32-75(40-71)67(82)64-62(49-22-23-49)79(64)89(85)53-25-20-46(10)21-26-53/h16,18,20-21,24-27,30,34-35,37-38,42-45,47,49,57-58,61-62,64,74H,15,17,19,22-23,28-29,31-33,36,39-41H2,1-14H3,(H,73,80)/t47-,57-,58-,61-,62+,64+,71-,79?,89+/m0/s1. The fourth-order valence-electron chi connectivity index (χ4n) is 15.8. The van der Waals surface area contributed by atoms with Crippen LogP contribution in [-0.2, 0) is 63.8 Å². The third-order valence-corrected chi connectivity index (χ3v) is 28.2. The second-order valence-corrected chi connectivity index (χ2v) is 35.6. The number of fused-ring (bicyclic) bond motifs is 6. The maximum Gasteiger partial charge on any atom is 0.324 e. The number of benzene rings is 3. The predicted molar refractivity (Wildman–Crippen MR) is 354 cm³/mol. The van der Waals surface area contributed by atoms with Crippen molar-refractivity contribution >= 4 is 59.8 Å². The maximum absolute atomic E-state index is 15.6. The summed E-state index contributed by atoms with van der Waals surface area (Å²) in [6.07, 6.45) is 6.02. The second kappa shape index (κ2) is 25.7. The van der Waals surface area contributed by atoms with Gasteiger partial charge in [-0.05, 0) is 165 Å². The van der Waals surface area contributed by atoms with E-state index in [4.69, 9.17) is 18.9 Å². The molecule has 6 aliphatic rings. The Morgan fingerprint density at radius 2 is 1.59 bits per heavy atom. The third kappa shape index (κ3) is 12.3. The molecule has 4 saturated heterocycles. The largest absolute Gasteiger partial charge is 0.543 e. The topological polar surface area (TPSA) is 185 Å². The van der Waals surface area contributed by atoms with Gasteiger partial charge in [0.1, 0.15) is 40.9 Å². The number of ether oxygens (including phenoxy) is 2. The van der Waals surface area contributed by atoms with Crippen molar-refractivity contribution in [3.05, 3.63) is 101 Å². The summed E-state index contributed by atoms with van der Waals surface area (Å²) >= 11 is 0. The molecule has 2 aromatic heterocycles. The first-order valence-corrected chi connectivity index (χ1v) is 36.4. The maximum atomic E-state index is 15.6. The Kier molecular flexibility index (Phi) is 18.6. The van der Waals surface area contributed by atoms with Crippen LogP contribution >= 0.6 is 0 Å². The van der Waals surface area contributed by atoms with Crippen LogP contribution in [0.15, 0.2) is 83.9 Å².